The van der Waals surface area contributed by atoms with Crippen LogP contribution >= 0.6 is 0 Å². The van der Waals surface area contributed by atoms with E-state index in [0.717, 1.165) is 12.0 Å². The summed E-state index contributed by atoms with van der Waals surface area (Å²) in [5.74, 6) is 0.0338. The summed E-state index contributed by atoms with van der Waals surface area (Å²) in [5, 5.41) is 3.37. The molecule has 0 atom stereocenters. The summed E-state index contributed by atoms with van der Waals surface area (Å²) < 4.78 is 18.8. The van der Waals surface area contributed by atoms with E-state index >= 15 is 0 Å². The van der Waals surface area contributed by atoms with Crippen LogP contribution in [0.3, 0.4) is 0 Å². The molecule has 1 aromatic rings. The third kappa shape index (κ3) is 4.73. The normalized spacial score (nSPS) is 11.6. The molecule has 1 aromatic carbocycles. The average molecular weight is 239 g/mol. The summed E-state index contributed by atoms with van der Waals surface area (Å²) in [5.41, 5.74) is 1.11. The summed E-state index contributed by atoms with van der Waals surface area (Å²) in [7, 11) is 0. The van der Waals surface area contributed by atoms with Crippen molar-refractivity contribution in [1.29, 1.82) is 0 Å². The Labute approximate surface area is 103 Å². The number of halogens is 1. The van der Waals surface area contributed by atoms with Gasteiger partial charge in [-0.2, -0.15) is 0 Å². The number of hydrogen-bond acceptors (Lipinski definition) is 2. The fourth-order valence-electron chi connectivity index (χ4n) is 1.40. The van der Waals surface area contributed by atoms with Gasteiger partial charge >= 0.3 is 0 Å². The van der Waals surface area contributed by atoms with E-state index in [1.165, 1.54) is 6.07 Å². The Morgan fingerprint density at radius 1 is 1.35 bits per heavy atom. The van der Waals surface area contributed by atoms with Gasteiger partial charge in [0.25, 0.3) is 0 Å². The third-order valence-electron chi connectivity index (χ3n) is 2.93. The Bertz CT molecular complexity index is 363. The summed E-state index contributed by atoms with van der Waals surface area (Å²) in [4.78, 5) is 0. The van der Waals surface area contributed by atoms with E-state index in [1.807, 2.05) is 6.92 Å². The molecule has 0 fully saturated rings. The highest BCUT2D eigenvalue weighted by Gasteiger charge is 2.13. The SMILES string of the molecule is CCC(C)(C)NCCOc1cc(C)ccc1F. The van der Waals surface area contributed by atoms with Crippen molar-refractivity contribution in [3.05, 3.63) is 29.6 Å². The quantitative estimate of drug-likeness (QED) is 0.769. The minimum absolute atomic E-state index is 0.106. The number of aryl methyl sites for hydroxylation is 1. The smallest absolute Gasteiger partial charge is 0.165 e. The Kier molecular flexibility index (Phi) is 4.94. The second kappa shape index (κ2) is 6.01. The predicted octanol–water partition coefficient (Wildman–Crippen LogP) is 3.29. The summed E-state index contributed by atoms with van der Waals surface area (Å²) >= 11 is 0. The number of rotatable bonds is 6. The maximum absolute atomic E-state index is 13.4. The molecular weight excluding hydrogens is 217 g/mol. The van der Waals surface area contributed by atoms with Crippen molar-refractivity contribution < 1.29 is 9.13 Å². The van der Waals surface area contributed by atoms with Crippen molar-refractivity contribution in [2.24, 2.45) is 0 Å². The van der Waals surface area contributed by atoms with E-state index < -0.39 is 0 Å². The molecule has 0 spiro atoms. The van der Waals surface area contributed by atoms with Gasteiger partial charge in [-0.15, -0.1) is 0 Å². The van der Waals surface area contributed by atoms with Gasteiger partial charge in [0.2, 0.25) is 0 Å². The molecule has 1 N–H and O–H groups in total. The lowest BCUT2D eigenvalue weighted by Gasteiger charge is -2.24. The fraction of sp³-hybridized carbons (Fsp3) is 0.571. The second-order valence-corrected chi connectivity index (χ2v) is 4.95. The van der Waals surface area contributed by atoms with Gasteiger partial charge < -0.3 is 10.1 Å². The van der Waals surface area contributed by atoms with E-state index in [4.69, 9.17) is 4.74 Å². The van der Waals surface area contributed by atoms with E-state index in [1.54, 1.807) is 12.1 Å². The van der Waals surface area contributed by atoms with Crippen LogP contribution in [0.4, 0.5) is 4.39 Å². The molecule has 1 rings (SSSR count). The first-order valence-corrected chi connectivity index (χ1v) is 6.08. The lowest BCUT2D eigenvalue weighted by atomic mass is 10.0. The van der Waals surface area contributed by atoms with Gasteiger partial charge in [-0.25, -0.2) is 4.39 Å². The van der Waals surface area contributed by atoms with Gasteiger partial charge in [-0.05, 0) is 44.9 Å². The first kappa shape index (κ1) is 14.0. The van der Waals surface area contributed by atoms with Crippen LogP contribution in [0.5, 0.6) is 5.75 Å². The topological polar surface area (TPSA) is 21.3 Å². The highest BCUT2D eigenvalue weighted by Crippen LogP contribution is 2.18. The number of hydrogen-bond donors (Lipinski definition) is 1. The van der Waals surface area contributed by atoms with Crippen LogP contribution in [0.2, 0.25) is 0 Å². The van der Waals surface area contributed by atoms with Gasteiger partial charge in [0, 0.05) is 12.1 Å². The Hall–Kier alpha value is -1.09. The number of benzene rings is 1. The van der Waals surface area contributed by atoms with Gasteiger partial charge in [0.15, 0.2) is 11.6 Å². The van der Waals surface area contributed by atoms with Crippen LogP contribution in [-0.2, 0) is 0 Å². The summed E-state index contributed by atoms with van der Waals surface area (Å²) in [6.07, 6.45) is 1.05. The van der Waals surface area contributed by atoms with Crippen molar-refractivity contribution in [2.75, 3.05) is 13.2 Å². The molecule has 0 aliphatic rings. The molecule has 0 amide bonds. The Morgan fingerprint density at radius 3 is 2.71 bits per heavy atom. The Balaban J connectivity index is 2.38. The van der Waals surface area contributed by atoms with Gasteiger partial charge in [0.1, 0.15) is 6.61 Å². The van der Waals surface area contributed by atoms with Crippen LogP contribution < -0.4 is 10.1 Å². The van der Waals surface area contributed by atoms with Crippen molar-refractivity contribution >= 4 is 0 Å². The standard InChI is InChI=1S/C14H22FNO/c1-5-14(3,4)16-8-9-17-13-10-11(2)6-7-12(13)15/h6-7,10,16H,5,8-9H2,1-4H3. The predicted molar refractivity (Wildman–Crippen MR) is 69.0 cm³/mol. The third-order valence-corrected chi connectivity index (χ3v) is 2.93. The van der Waals surface area contributed by atoms with Crippen molar-refractivity contribution in [3.63, 3.8) is 0 Å². The van der Waals surface area contributed by atoms with E-state index in [0.29, 0.717) is 18.9 Å². The van der Waals surface area contributed by atoms with E-state index in [-0.39, 0.29) is 11.4 Å². The maximum Gasteiger partial charge on any atom is 0.165 e. The minimum atomic E-state index is -0.301. The second-order valence-electron chi connectivity index (χ2n) is 4.95. The zero-order valence-corrected chi connectivity index (χ0v) is 11.1. The minimum Gasteiger partial charge on any atom is -0.489 e. The maximum atomic E-state index is 13.4. The first-order valence-electron chi connectivity index (χ1n) is 6.08. The zero-order chi connectivity index (χ0) is 12.9. The molecule has 0 unspecified atom stereocenters. The number of ether oxygens (including phenoxy) is 1. The van der Waals surface area contributed by atoms with Crippen molar-refractivity contribution in [1.82, 2.24) is 5.32 Å². The van der Waals surface area contributed by atoms with Gasteiger partial charge in [-0.1, -0.05) is 13.0 Å². The molecule has 17 heavy (non-hydrogen) atoms. The molecule has 96 valence electrons. The van der Waals surface area contributed by atoms with E-state index in [2.05, 4.69) is 26.1 Å². The first-order chi connectivity index (χ1) is 7.94. The molecule has 3 heteroatoms. The molecular formula is C14H22FNO. The molecule has 0 bridgehead atoms. The lowest BCUT2D eigenvalue weighted by Crippen LogP contribution is -2.40. The summed E-state index contributed by atoms with van der Waals surface area (Å²) in [6, 6.07) is 4.90. The average Bonchev–Trinajstić information content (AvgIpc) is 2.29. The van der Waals surface area contributed by atoms with Gasteiger partial charge in [-0.3, -0.25) is 0 Å². The van der Waals surface area contributed by atoms with Crippen LogP contribution in [0.25, 0.3) is 0 Å². The van der Waals surface area contributed by atoms with Gasteiger partial charge in [0.05, 0.1) is 0 Å². The fourth-order valence-corrected chi connectivity index (χ4v) is 1.40. The Morgan fingerprint density at radius 2 is 2.06 bits per heavy atom. The highest BCUT2D eigenvalue weighted by atomic mass is 19.1. The molecule has 0 radical (unpaired) electrons. The monoisotopic (exact) mass is 239 g/mol. The zero-order valence-electron chi connectivity index (χ0n) is 11.1. The van der Waals surface area contributed by atoms with Crippen LogP contribution in [-0.4, -0.2) is 18.7 Å². The van der Waals surface area contributed by atoms with Crippen LogP contribution in [0.1, 0.15) is 32.8 Å². The molecule has 0 saturated carbocycles. The molecule has 2 nitrogen and oxygen atoms in total. The molecule has 0 heterocycles. The highest BCUT2D eigenvalue weighted by molar-refractivity contribution is 5.29. The van der Waals surface area contributed by atoms with E-state index in [9.17, 15) is 4.39 Å². The molecule has 0 aromatic heterocycles. The van der Waals surface area contributed by atoms with Crippen LogP contribution in [0, 0.1) is 12.7 Å². The van der Waals surface area contributed by atoms with Crippen LogP contribution in [0.15, 0.2) is 18.2 Å². The molecule has 0 aliphatic heterocycles. The number of nitrogens with one attached hydrogen (secondary N) is 1. The van der Waals surface area contributed by atoms with Crippen molar-refractivity contribution in [2.45, 2.75) is 39.7 Å². The molecule has 0 aliphatic carbocycles. The lowest BCUT2D eigenvalue weighted by molar-refractivity contribution is 0.271. The molecule has 0 saturated heterocycles. The van der Waals surface area contributed by atoms with Crippen molar-refractivity contribution in [3.8, 4) is 5.75 Å². The largest absolute Gasteiger partial charge is 0.489 e. The summed E-state index contributed by atoms with van der Waals surface area (Å²) in [6.45, 7) is 9.53.